The number of rotatable bonds is 7. The summed E-state index contributed by atoms with van der Waals surface area (Å²) in [6.07, 6.45) is 3.67. The van der Waals surface area contributed by atoms with Gasteiger partial charge in [0, 0.05) is 30.9 Å². The maximum absolute atomic E-state index is 12.7. The molecule has 156 valence electrons. The van der Waals surface area contributed by atoms with E-state index in [1.165, 1.54) is 0 Å². The molecule has 0 saturated carbocycles. The fourth-order valence-electron chi connectivity index (χ4n) is 3.31. The highest BCUT2D eigenvalue weighted by molar-refractivity contribution is 7.89. The van der Waals surface area contributed by atoms with E-state index in [0.29, 0.717) is 30.4 Å². The maximum atomic E-state index is 12.7. The van der Waals surface area contributed by atoms with Gasteiger partial charge < -0.3 is 0 Å². The van der Waals surface area contributed by atoms with Crippen molar-refractivity contribution in [3.63, 3.8) is 0 Å². The molecule has 2 heterocycles. The number of nitrogens with zero attached hydrogens (tertiary/aromatic N) is 3. The zero-order chi connectivity index (χ0) is 20.9. The zero-order valence-electron chi connectivity index (χ0n) is 16.8. The Balaban J connectivity index is 1.51. The normalized spacial score (nSPS) is 15.1. The minimum atomic E-state index is -3.43. The maximum Gasteiger partial charge on any atom is 0.243 e. The predicted molar refractivity (Wildman–Crippen MR) is 111 cm³/mol. The molecule has 9 heteroatoms. The first kappa shape index (κ1) is 21.2. The highest BCUT2D eigenvalue weighted by atomic mass is 32.2. The van der Waals surface area contributed by atoms with Gasteiger partial charge in [0.2, 0.25) is 21.9 Å². The summed E-state index contributed by atoms with van der Waals surface area (Å²) in [4.78, 5) is 20.8. The standard InChI is InChI=1S/C20H27N5O3S/c1-15-14-16(2)22-20(21-15)24-23-19(26)11-8-17-6-9-18(10-7-17)29(27,28)25-12-4-3-5-13-25/h6-7,9-10,14H,3-5,8,11-13H2,1-2H3,(H,23,26)(H,21,22,24). The van der Waals surface area contributed by atoms with Crippen molar-refractivity contribution in [3.05, 3.63) is 47.3 Å². The van der Waals surface area contributed by atoms with Crippen molar-refractivity contribution in [3.8, 4) is 0 Å². The molecule has 0 spiro atoms. The third kappa shape index (κ3) is 5.74. The summed E-state index contributed by atoms with van der Waals surface area (Å²) >= 11 is 0. The molecule has 2 aromatic rings. The van der Waals surface area contributed by atoms with E-state index in [9.17, 15) is 13.2 Å². The van der Waals surface area contributed by atoms with Gasteiger partial charge in [0.15, 0.2) is 0 Å². The first-order valence-corrected chi connectivity index (χ1v) is 11.2. The Morgan fingerprint density at radius 2 is 1.66 bits per heavy atom. The molecule has 8 nitrogen and oxygen atoms in total. The number of carbonyl (C=O) groups is 1. The fourth-order valence-corrected chi connectivity index (χ4v) is 4.83. The SMILES string of the molecule is Cc1cc(C)nc(NNC(=O)CCc2ccc(S(=O)(=O)N3CCCCC3)cc2)n1. The van der Waals surface area contributed by atoms with E-state index in [-0.39, 0.29) is 12.3 Å². The molecule has 1 fully saturated rings. The third-order valence-corrected chi connectivity index (χ3v) is 6.73. The van der Waals surface area contributed by atoms with Crippen molar-refractivity contribution >= 4 is 21.9 Å². The smallest absolute Gasteiger partial charge is 0.243 e. The van der Waals surface area contributed by atoms with Gasteiger partial charge in [-0.05, 0) is 56.9 Å². The molecule has 29 heavy (non-hydrogen) atoms. The van der Waals surface area contributed by atoms with E-state index in [1.807, 2.05) is 19.9 Å². The van der Waals surface area contributed by atoms with Gasteiger partial charge in [0.1, 0.15) is 0 Å². The molecule has 0 bridgehead atoms. The highest BCUT2D eigenvalue weighted by Gasteiger charge is 2.25. The summed E-state index contributed by atoms with van der Waals surface area (Å²) in [6, 6.07) is 8.63. The molecule has 1 aromatic carbocycles. The molecule has 0 radical (unpaired) electrons. The van der Waals surface area contributed by atoms with Crippen LogP contribution in [0.15, 0.2) is 35.2 Å². The number of benzene rings is 1. The average molecular weight is 418 g/mol. The molecule has 0 aliphatic carbocycles. The lowest BCUT2D eigenvalue weighted by molar-refractivity contribution is -0.120. The van der Waals surface area contributed by atoms with Crippen LogP contribution in [-0.4, -0.2) is 41.7 Å². The van der Waals surface area contributed by atoms with Gasteiger partial charge in [-0.2, -0.15) is 4.31 Å². The molecule has 1 aliphatic rings. The second-order valence-corrected chi connectivity index (χ2v) is 9.19. The molecule has 1 saturated heterocycles. The fraction of sp³-hybridized carbons (Fsp3) is 0.450. The number of hydrogen-bond donors (Lipinski definition) is 2. The van der Waals surface area contributed by atoms with Gasteiger partial charge in [-0.15, -0.1) is 0 Å². The quantitative estimate of drug-likeness (QED) is 0.670. The van der Waals surface area contributed by atoms with Crippen LogP contribution in [0.3, 0.4) is 0 Å². The first-order valence-electron chi connectivity index (χ1n) is 9.81. The van der Waals surface area contributed by atoms with Crippen molar-refractivity contribution in [2.24, 2.45) is 0 Å². The summed E-state index contributed by atoms with van der Waals surface area (Å²) in [7, 11) is -3.43. The summed E-state index contributed by atoms with van der Waals surface area (Å²) in [5.41, 5.74) is 7.84. The Labute approximate surface area is 171 Å². The minimum Gasteiger partial charge on any atom is -0.273 e. The number of piperidine rings is 1. The van der Waals surface area contributed by atoms with Gasteiger partial charge in [-0.25, -0.2) is 18.4 Å². The second-order valence-electron chi connectivity index (χ2n) is 7.26. The summed E-state index contributed by atoms with van der Waals surface area (Å²) in [5, 5.41) is 0. The molecule has 3 rings (SSSR count). The van der Waals surface area contributed by atoms with E-state index in [1.54, 1.807) is 28.6 Å². The summed E-state index contributed by atoms with van der Waals surface area (Å²) < 4.78 is 26.9. The van der Waals surface area contributed by atoms with Gasteiger partial charge >= 0.3 is 0 Å². The van der Waals surface area contributed by atoms with Crippen LogP contribution in [0, 0.1) is 13.8 Å². The van der Waals surface area contributed by atoms with Gasteiger partial charge in [-0.1, -0.05) is 18.6 Å². The van der Waals surface area contributed by atoms with Gasteiger partial charge in [-0.3, -0.25) is 15.6 Å². The molecular weight excluding hydrogens is 390 g/mol. The molecular formula is C20H27N5O3S. The molecule has 1 aliphatic heterocycles. The Morgan fingerprint density at radius 1 is 1.03 bits per heavy atom. The molecule has 2 N–H and O–H groups in total. The average Bonchev–Trinajstić information content (AvgIpc) is 2.71. The monoisotopic (exact) mass is 417 g/mol. The lowest BCUT2D eigenvalue weighted by Gasteiger charge is -2.25. The Hall–Kier alpha value is -2.52. The van der Waals surface area contributed by atoms with Crippen LogP contribution in [0.25, 0.3) is 0 Å². The van der Waals surface area contributed by atoms with Crippen molar-refractivity contribution in [2.45, 2.75) is 50.8 Å². The van der Waals surface area contributed by atoms with Gasteiger partial charge in [0.25, 0.3) is 0 Å². The largest absolute Gasteiger partial charge is 0.273 e. The van der Waals surface area contributed by atoms with Gasteiger partial charge in [0.05, 0.1) is 4.90 Å². The number of aryl methyl sites for hydroxylation is 3. The van der Waals surface area contributed by atoms with Crippen molar-refractivity contribution in [2.75, 3.05) is 18.5 Å². The third-order valence-electron chi connectivity index (χ3n) is 4.81. The number of aromatic nitrogens is 2. The Bertz CT molecular complexity index is 934. The molecule has 1 amide bonds. The number of hydrogen-bond acceptors (Lipinski definition) is 6. The minimum absolute atomic E-state index is 0.197. The van der Waals surface area contributed by atoms with Crippen LogP contribution in [0.4, 0.5) is 5.95 Å². The van der Waals surface area contributed by atoms with Crippen molar-refractivity contribution in [1.82, 2.24) is 19.7 Å². The Kier molecular flexibility index (Phi) is 6.81. The lowest BCUT2D eigenvalue weighted by Crippen LogP contribution is -2.35. The van der Waals surface area contributed by atoms with E-state index < -0.39 is 10.0 Å². The molecule has 0 atom stereocenters. The topological polar surface area (TPSA) is 104 Å². The molecule has 1 aromatic heterocycles. The predicted octanol–water partition coefficient (Wildman–Crippen LogP) is 2.34. The van der Waals surface area contributed by atoms with Crippen LogP contribution in [-0.2, 0) is 21.2 Å². The zero-order valence-corrected chi connectivity index (χ0v) is 17.6. The number of anilines is 1. The summed E-state index contributed by atoms with van der Waals surface area (Å²) in [5.74, 6) is 0.154. The van der Waals surface area contributed by atoms with Crippen molar-refractivity contribution in [1.29, 1.82) is 0 Å². The number of nitrogens with one attached hydrogen (secondary N) is 2. The van der Waals surface area contributed by atoms with Crippen LogP contribution in [0.1, 0.15) is 42.6 Å². The van der Waals surface area contributed by atoms with Crippen molar-refractivity contribution < 1.29 is 13.2 Å². The number of carbonyl (C=O) groups excluding carboxylic acids is 1. The highest BCUT2D eigenvalue weighted by Crippen LogP contribution is 2.21. The van der Waals surface area contributed by atoms with Crippen LogP contribution in [0.5, 0.6) is 0 Å². The van der Waals surface area contributed by atoms with E-state index in [4.69, 9.17) is 0 Å². The first-order chi connectivity index (χ1) is 13.8. The summed E-state index contributed by atoms with van der Waals surface area (Å²) in [6.45, 7) is 4.89. The Morgan fingerprint density at radius 3 is 2.28 bits per heavy atom. The van der Waals surface area contributed by atoms with E-state index >= 15 is 0 Å². The number of hydrazine groups is 1. The lowest BCUT2D eigenvalue weighted by atomic mass is 10.1. The second kappa shape index (κ2) is 9.32. The van der Waals surface area contributed by atoms with Crippen LogP contribution in [0.2, 0.25) is 0 Å². The number of amides is 1. The van der Waals surface area contributed by atoms with E-state index in [0.717, 1.165) is 36.2 Å². The van der Waals surface area contributed by atoms with Crippen LogP contribution < -0.4 is 10.9 Å². The number of sulfonamides is 1. The van der Waals surface area contributed by atoms with E-state index in [2.05, 4.69) is 20.8 Å². The van der Waals surface area contributed by atoms with Crippen LogP contribution >= 0.6 is 0 Å². The molecule has 0 unspecified atom stereocenters.